The number of nitrogens with one attached hydrogen (secondary N) is 1. The van der Waals surface area contributed by atoms with Crippen LogP contribution in [0.15, 0.2) is 42.5 Å². The maximum absolute atomic E-state index is 12.7. The van der Waals surface area contributed by atoms with Crippen LogP contribution in [0.25, 0.3) is 0 Å². The summed E-state index contributed by atoms with van der Waals surface area (Å²) in [5, 5.41) is 13.7. The monoisotopic (exact) mass is 391 g/mol. The van der Waals surface area contributed by atoms with Crippen LogP contribution >= 0.6 is 0 Å². The summed E-state index contributed by atoms with van der Waals surface area (Å²) >= 11 is 0. The summed E-state index contributed by atoms with van der Waals surface area (Å²) in [6, 6.07) is 9.48. The molecule has 0 saturated heterocycles. The Morgan fingerprint density at radius 2 is 1.81 bits per heavy atom. The second kappa shape index (κ2) is 7.75. The van der Waals surface area contributed by atoms with Crippen molar-refractivity contribution in [2.45, 2.75) is 26.8 Å². The molecule has 0 bridgehead atoms. The molecule has 1 atom stereocenters. The van der Waals surface area contributed by atoms with E-state index < -0.39 is 26.9 Å². The molecular weight excluding hydrogens is 370 g/mol. The van der Waals surface area contributed by atoms with Gasteiger partial charge in [0.25, 0.3) is 5.69 Å². The third kappa shape index (κ3) is 4.62. The topological polar surface area (TPSA) is 110 Å². The molecule has 1 amide bonds. The number of nitrogens with zero attached hydrogens (tertiary/aromatic N) is 2. The molecule has 0 aliphatic rings. The molecule has 27 heavy (non-hydrogen) atoms. The number of rotatable bonds is 6. The van der Waals surface area contributed by atoms with Gasteiger partial charge in [-0.3, -0.25) is 19.2 Å². The molecule has 0 fully saturated rings. The zero-order valence-electron chi connectivity index (χ0n) is 15.5. The smallest absolute Gasteiger partial charge is 0.271 e. The number of carbonyl (C=O) groups excluding carboxylic acids is 1. The van der Waals surface area contributed by atoms with Crippen LogP contribution in [-0.2, 0) is 14.8 Å². The van der Waals surface area contributed by atoms with Gasteiger partial charge < -0.3 is 5.32 Å². The fraction of sp³-hybridized carbons (Fsp3) is 0.278. The van der Waals surface area contributed by atoms with Crippen LogP contribution in [-0.4, -0.2) is 31.5 Å². The van der Waals surface area contributed by atoms with Crippen molar-refractivity contribution in [1.82, 2.24) is 0 Å². The van der Waals surface area contributed by atoms with E-state index >= 15 is 0 Å². The summed E-state index contributed by atoms with van der Waals surface area (Å²) in [6.45, 7) is 5.19. The molecule has 2 rings (SSSR count). The van der Waals surface area contributed by atoms with Gasteiger partial charge in [0.1, 0.15) is 6.04 Å². The first-order chi connectivity index (χ1) is 12.5. The number of nitro groups is 1. The molecule has 8 nitrogen and oxygen atoms in total. The lowest BCUT2D eigenvalue weighted by Crippen LogP contribution is -2.45. The first-order valence-electron chi connectivity index (χ1n) is 8.13. The van der Waals surface area contributed by atoms with E-state index in [1.807, 2.05) is 19.9 Å². The number of aryl methyl sites for hydroxylation is 1. The van der Waals surface area contributed by atoms with E-state index in [-0.39, 0.29) is 11.4 Å². The highest BCUT2D eigenvalue weighted by Crippen LogP contribution is 2.26. The molecule has 144 valence electrons. The van der Waals surface area contributed by atoms with Crippen LogP contribution in [0, 0.1) is 24.0 Å². The highest BCUT2D eigenvalue weighted by Gasteiger charge is 2.30. The lowest BCUT2D eigenvalue weighted by Gasteiger charge is -2.28. The number of carbonyl (C=O) groups is 1. The number of nitro benzene ring substituents is 1. The predicted octanol–water partition coefficient (Wildman–Crippen LogP) is 3.00. The lowest BCUT2D eigenvalue weighted by molar-refractivity contribution is -0.384. The molecule has 1 unspecified atom stereocenters. The Kier molecular flexibility index (Phi) is 5.85. The average molecular weight is 391 g/mol. The molecule has 1 N–H and O–H groups in total. The maximum atomic E-state index is 12.7. The number of hydrogen-bond donors (Lipinski definition) is 1. The summed E-state index contributed by atoms with van der Waals surface area (Å²) < 4.78 is 25.5. The van der Waals surface area contributed by atoms with Crippen LogP contribution in [0.2, 0.25) is 0 Å². The van der Waals surface area contributed by atoms with Gasteiger partial charge in [-0.15, -0.1) is 0 Å². The van der Waals surface area contributed by atoms with E-state index in [0.717, 1.165) is 27.8 Å². The van der Waals surface area contributed by atoms with Gasteiger partial charge in [0.15, 0.2) is 0 Å². The Hall–Kier alpha value is -2.94. The number of anilines is 2. The van der Waals surface area contributed by atoms with Crippen molar-refractivity contribution in [3.05, 3.63) is 63.7 Å². The molecular formula is C18H21N3O5S. The highest BCUT2D eigenvalue weighted by atomic mass is 32.2. The van der Waals surface area contributed by atoms with Gasteiger partial charge in [0.05, 0.1) is 16.9 Å². The highest BCUT2D eigenvalue weighted by molar-refractivity contribution is 7.92. The van der Waals surface area contributed by atoms with Crippen molar-refractivity contribution < 1.29 is 18.1 Å². The SMILES string of the molecule is Cc1cccc(NC(=O)C(C)N(c2cccc([N+](=O)[O-])c2)S(C)(=O)=O)c1C. The van der Waals surface area contributed by atoms with Gasteiger partial charge in [-0.1, -0.05) is 18.2 Å². The second-order valence-corrected chi connectivity index (χ2v) is 8.11. The summed E-state index contributed by atoms with van der Waals surface area (Å²) in [4.78, 5) is 23.1. The van der Waals surface area contributed by atoms with E-state index in [4.69, 9.17) is 0 Å². The fourth-order valence-corrected chi connectivity index (χ4v) is 3.84. The standard InChI is InChI=1S/C18H21N3O5S/c1-12-7-5-10-17(13(12)2)19-18(22)14(3)20(27(4,25)26)15-8-6-9-16(11-15)21(23)24/h5-11,14H,1-4H3,(H,19,22). The fourth-order valence-electron chi connectivity index (χ4n) is 2.68. The van der Waals surface area contributed by atoms with Crippen molar-refractivity contribution in [2.24, 2.45) is 0 Å². The molecule has 2 aromatic rings. The number of hydrogen-bond acceptors (Lipinski definition) is 5. The number of sulfonamides is 1. The average Bonchev–Trinajstić information content (AvgIpc) is 2.58. The van der Waals surface area contributed by atoms with Crippen molar-refractivity contribution in [3.63, 3.8) is 0 Å². The minimum absolute atomic E-state index is 0.0512. The van der Waals surface area contributed by atoms with E-state index in [1.165, 1.54) is 25.1 Å². The van der Waals surface area contributed by atoms with Gasteiger partial charge >= 0.3 is 0 Å². The van der Waals surface area contributed by atoms with Crippen molar-refractivity contribution >= 4 is 33.0 Å². The Bertz CT molecular complexity index is 988. The minimum atomic E-state index is -3.87. The molecule has 0 radical (unpaired) electrons. The number of amides is 1. The quantitative estimate of drug-likeness (QED) is 0.601. The summed E-state index contributed by atoms with van der Waals surface area (Å²) in [5.74, 6) is -0.541. The van der Waals surface area contributed by atoms with Gasteiger partial charge in [0.2, 0.25) is 15.9 Å². The zero-order chi connectivity index (χ0) is 20.4. The third-order valence-corrected chi connectivity index (χ3v) is 5.49. The number of non-ortho nitro benzene ring substituents is 1. The van der Waals surface area contributed by atoms with Crippen LogP contribution in [0.4, 0.5) is 17.1 Å². The molecule has 9 heteroatoms. The molecule has 0 aliphatic heterocycles. The Labute approximate surface area is 158 Å². The van der Waals surface area contributed by atoms with E-state index in [2.05, 4.69) is 5.32 Å². The molecule has 0 heterocycles. The Morgan fingerprint density at radius 3 is 2.41 bits per heavy atom. The van der Waals surface area contributed by atoms with Crippen LogP contribution < -0.4 is 9.62 Å². The van der Waals surface area contributed by atoms with Crippen LogP contribution in [0.3, 0.4) is 0 Å². The van der Waals surface area contributed by atoms with E-state index in [1.54, 1.807) is 12.1 Å². The largest absolute Gasteiger partial charge is 0.324 e. The van der Waals surface area contributed by atoms with Crippen molar-refractivity contribution in [1.29, 1.82) is 0 Å². The lowest BCUT2D eigenvalue weighted by atomic mass is 10.1. The first kappa shape index (κ1) is 20.4. The van der Waals surface area contributed by atoms with Crippen molar-refractivity contribution in [3.8, 4) is 0 Å². The zero-order valence-corrected chi connectivity index (χ0v) is 16.3. The Morgan fingerprint density at radius 1 is 1.19 bits per heavy atom. The molecule has 0 spiro atoms. The Balaban J connectivity index is 2.39. The second-order valence-electron chi connectivity index (χ2n) is 6.25. The molecule has 0 aliphatic carbocycles. The normalized spacial score (nSPS) is 12.3. The van der Waals surface area contributed by atoms with Gasteiger partial charge in [-0.05, 0) is 44.0 Å². The summed E-state index contributed by atoms with van der Waals surface area (Å²) in [7, 11) is -3.87. The third-order valence-electron chi connectivity index (χ3n) is 4.25. The van der Waals surface area contributed by atoms with E-state index in [0.29, 0.717) is 5.69 Å². The minimum Gasteiger partial charge on any atom is -0.324 e. The summed E-state index contributed by atoms with van der Waals surface area (Å²) in [6.07, 6.45) is 0.952. The van der Waals surface area contributed by atoms with Gasteiger partial charge in [0, 0.05) is 17.8 Å². The van der Waals surface area contributed by atoms with Gasteiger partial charge in [-0.25, -0.2) is 8.42 Å². The summed E-state index contributed by atoms with van der Waals surface area (Å²) in [5.41, 5.74) is 2.23. The maximum Gasteiger partial charge on any atom is 0.271 e. The van der Waals surface area contributed by atoms with Crippen molar-refractivity contribution in [2.75, 3.05) is 15.9 Å². The molecule has 0 aromatic heterocycles. The molecule has 2 aromatic carbocycles. The molecule has 0 saturated carbocycles. The number of benzene rings is 2. The predicted molar refractivity (Wildman–Crippen MR) is 104 cm³/mol. The van der Waals surface area contributed by atoms with Crippen LogP contribution in [0.5, 0.6) is 0 Å². The van der Waals surface area contributed by atoms with E-state index in [9.17, 15) is 23.3 Å². The first-order valence-corrected chi connectivity index (χ1v) is 9.98. The van der Waals surface area contributed by atoms with Crippen LogP contribution in [0.1, 0.15) is 18.1 Å². The van der Waals surface area contributed by atoms with Gasteiger partial charge in [-0.2, -0.15) is 0 Å².